The van der Waals surface area contributed by atoms with E-state index in [1.54, 1.807) is 0 Å². The summed E-state index contributed by atoms with van der Waals surface area (Å²) in [6.45, 7) is 5.79. The van der Waals surface area contributed by atoms with E-state index >= 15 is 0 Å². The Morgan fingerprint density at radius 1 is 0.960 bits per heavy atom. The molecule has 0 aromatic heterocycles. The minimum atomic E-state index is 0.465. The molecule has 0 aromatic carbocycles. The van der Waals surface area contributed by atoms with E-state index < -0.39 is 0 Å². The van der Waals surface area contributed by atoms with Gasteiger partial charge in [0.25, 0.3) is 0 Å². The Bertz CT molecular complexity index is 363. The van der Waals surface area contributed by atoms with Gasteiger partial charge in [0.1, 0.15) is 0 Å². The van der Waals surface area contributed by atoms with Crippen LogP contribution in [0.2, 0.25) is 0 Å². The molecule has 3 unspecified atom stereocenters. The van der Waals surface area contributed by atoms with Crippen LogP contribution in [-0.4, -0.2) is 19.0 Å². The Kier molecular flexibility index (Phi) is 9.52. The van der Waals surface area contributed by atoms with Crippen LogP contribution in [0.4, 0.5) is 0 Å². The van der Waals surface area contributed by atoms with E-state index in [4.69, 9.17) is 4.74 Å². The number of rotatable bonds is 15. The molecule has 0 saturated heterocycles. The molecule has 2 bridgehead atoms. The van der Waals surface area contributed by atoms with Gasteiger partial charge in [-0.2, -0.15) is 0 Å². The molecule has 0 N–H and O–H groups in total. The molecule has 2 nitrogen and oxygen atoms in total. The second-order valence-electron chi connectivity index (χ2n) is 9.26. The van der Waals surface area contributed by atoms with E-state index in [2.05, 4.69) is 20.3 Å². The quantitative estimate of drug-likeness (QED) is 0.319. The zero-order valence-corrected chi connectivity index (χ0v) is 16.7. The molecule has 2 aliphatic carbocycles. The zero-order valence-electron chi connectivity index (χ0n) is 16.7. The largest absolute Gasteiger partial charge is 0.378 e. The predicted octanol–water partition coefficient (Wildman–Crippen LogP) is 6.43. The predicted molar refractivity (Wildman–Crippen MR) is 105 cm³/mol. The molecule has 2 fully saturated rings. The fourth-order valence-electron chi connectivity index (χ4n) is 4.71. The molecule has 2 saturated carbocycles. The molecule has 144 valence electrons. The van der Waals surface area contributed by atoms with Gasteiger partial charge in [-0.15, -0.1) is 0 Å². The van der Waals surface area contributed by atoms with E-state index in [1.807, 2.05) is 6.29 Å². The first-order chi connectivity index (χ1) is 12.1. The highest BCUT2D eigenvalue weighted by Gasteiger charge is 2.40. The van der Waals surface area contributed by atoms with E-state index in [1.165, 1.54) is 77.0 Å². The summed E-state index contributed by atoms with van der Waals surface area (Å²) in [5, 5.41) is 0. The van der Waals surface area contributed by atoms with Gasteiger partial charge in [0, 0.05) is 13.0 Å². The van der Waals surface area contributed by atoms with Gasteiger partial charge < -0.3 is 4.74 Å². The van der Waals surface area contributed by atoms with Gasteiger partial charge >= 0.3 is 0 Å². The van der Waals surface area contributed by atoms with Crippen LogP contribution < -0.4 is 0 Å². The maximum absolute atomic E-state index is 10.2. The number of carbonyl (C=O) groups excluding carboxylic acids is 1. The number of fused-ring (bicyclic) bond motifs is 2. The monoisotopic (exact) mass is 348 g/mol. The third kappa shape index (κ3) is 8.24. The summed E-state index contributed by atoms with van der Waals surface area (Å²) in [4.78, 5) is 10.2. The van der Waals surface area contributed by atoms with Gasteiger partial charge in [-0.25, -0.2) is 0 Å². The molecule has 3 atom stereocenters. The standard InChI is InChI=1S/C23H40O2/c1-23(2,15-9-5-6-10-16-24)14-8-4-3-7-11-17-25-22-19-20-12-13-21(22)18-20/h12,20-22H,3-11,13-15,17-19H2,1-2H3. The second-order valence-corrected chi connectivity index (χ2v) is 9.26. The highest BCUT2D eigenvalue weighted by molar-refractivity contribution is 5.50. The summed E-state index contributed by atoms with van der Waals surface area (Å²) in [5.41, 5.74) is 0.465. The Morgan fingerprint density at radius 2 is 1.64 bits per heavy atom. The fourth-order valence-corrected chi connectivity index (χ4v) is 4.71. The minimum Gasteiger partial charge on any atom is -0.378 e. The van der Waals surface area contributed by atoms with Crippen LogP contribution in [0.15, 0.2) is 0 Å². The average molecular weight is 349 g/mol. The number of hydrogen-bond donors (Lipinski definition) is 0. The van der Waals surface area contributed by atoms with Crippen LogP contribution in [0.1, 0.15) is 104 Å². The van der Waals surface area contributed by atoms with Crippen LogP contribution >= 0.6 is 0 Å². The van der Waals surface area contributed by atoms with E-state index in [0.29, 0.717) is 17.9 Å². The van der Waals surface area contributed by atoms with Gasteiger partial charge in [-0.1, -0.05) is 52.4 Å². The Labute approximate surface area is 156 Å². The Hall–Kier alpha value is -0.370. The molecule has 0 spiro atoms. The molecule has 25 heavy (non-hydrogen) atoms. The van der Waals surface area contributed by atoms with E-state index in [-0.39, 0.29) is 0 Å². The SMILES string of the molecule is CC(C)(CCCCC[C]=O)CCCCCCCOC1CC2[CH]CC1C2. The molecule has 2 aliphatic rings. The van der Waals surface area contributed by atoms with E-state index in [0.717, 1.165) is 24.9 Å². The van der Waals surface area contributed by atoms with Crippen LogP contribution in [-0.2, 0) is 9.53 Å². The lowest BCUT2D eigenvalue weighted by Gasteiger charge is -2.24. The lowest BCUT2D eigenvalue weighted by atomic mass is 9.82. The van der Waals surface area contributed by atoms with Crippen molar-refractivity contribution in [1.82, 2.24) is 0 Å². The molecule has 2 heteroatoms. The summed E-state index contributed by atoms with van der Waals surface area (Å²) < 4.78 is 6.13. The normalized spacial score (nSPS) is 25.6. The molecule has 0 heterocycles. The van der Waals surface area contributed by atoms with Crippen molar-refractivity contribution in [2.75, 3.05) is 6.61 Å². The Balaban J connectivity index is 1.37. The molecule has 2 radical (unpaired) electrons. The topological polar surface area (TPSA) is 26.3 Å². The molecule has 2 rings (SSSR count). The highest BCUT2D eigenvalue weighted by Crippen LogP contribution is 2.45. The third-order valence-electron chi connectivity index (χ3n) is 6.40. The average Bonchev–Trinajstić information content (AvgIpc) is 3.20. The van der Waals surface area contributed by atoms with Gasteiger partial charge in [0.05, 0.1) is 6.10 Å². The zero-order chi connectivity index (χ0) is 18.0. The first-order valence-corrected chi connectivity index (χ1v) is 10.9. The first-order valence-electron chi connectivity index (χ1n) is 10.9. The van der Waals surface area contributed by atoms with E-state index in [9.17, 15) is 4.79 Å². The summed E-state index contributed by atoms with van der Waals surface area (Å²) in [6.07, 6.45) is 22.4. The van der Waals surface area contributed by atoms with Crippen LogP contribution in [0.3, 0.4) is 0 Å². The number of hydrogen-bond acceptors (Lipinski definition) is 2. The van der Waals surface area contributed by atoms with Crippen LogP contribution in [0.5, 0.6) is 0 Å². The summed E-state index contributed by atoms with van der Waals surface area (Å²) in [5.74, 6) is 1.73. The maximum Gasteiger partial charge on any atom is 0.198 e. The molecular weight excluding hydrogens is 308 g/mol. The van der Waals surface area contributed by atoms with Crippen molar-refractivity contribution in [2.24, 2.45) is 17.3 Å². The summed E-state index contributed by atoms with van der Waals surface area (Å²) in [7, 11) is 0. The summed E-state index contributed by atoms with van der Waals surface area (Å²) >= 11 is 0. The van der Waals surface area contributed by atoms with Crippen molar-refractivity contribution in [2.45, 2.75) is 110 Å². The van der Waals surface area contributed by atoms with Crippen molar-refractivity contribution in [3.8, 4) is 0 Å². The van der Waals surface area contributed by atoms with Crippen molar-refractivity contribution in [3.63, 3.8) is 0 Å². The van der Waals surface area contributed by atoms with Crippen LogP contribution in [0, 0.1) is 23.7 Å². The minimum absolute atomic E-state index is 0.465. The first kappa shape index (κ1) is 20.9. The molecule has 0 amide bonds. The van der Waals surface area contributed by atoms with Gasteiger partial charge in [0.15, 0.2) is 6.29 Å². The van der Waals surface area contributed by atoms with Crippen molar-refractivity contribution in [1.29, 1.82) is 0 Å². The molecular formula is C23H40O2. The molecule has 0 aliphatic heterocycles. The van der Waals surface area contributed by atoms with Crippen molar-refractivity contribution in [3.05, 3.63) is 6.42 Å². The summed E-state index contributed by atoms with van der Waals surface area (Å²) in [6, 6.07) is 0. The Morgan fingerprint density at radius 3 is 2.28 bits per heavy atom. The maximum atomic E-state index is 10.2. The second kappa shape index (κ2) is 11.4. The number of unbranched alkanes of at least 4 members (excludes halogenated alkanes) is 7. The fraction of sp³-hybridized carbons (Fsp3) is 0.913. The lowest BCUT2D eigenvalue weighted by Crippen LogP contribution is -2.21. The number of ether oxygens (including phenoxy) is 1. The molecule has 0 aromatic rings. The van der Waals surface area contributed by atoms with Crippen LogP contribution in [0.25, 0.3) is 0 Å². The van der Waals surface area contributed by atoms with Gasteiger partial charge in [0.2, 0.25) is 0 Å². The smallest absolute Gasteiger partial charge is 0.198 e. The third-order valence-corrected chi connectivity index (χ3v) is 6.40. The van der Waals surface area contributed by atoms with Gasteiger partial charge in [-0.3, -0.25) is 4.79 Å². The highest BCUT2D eigenvalue weighted by atomic mass is 16.5. The van der Waals surface area contributed by atoms with Crippen molar-refractivity contribution >= 4 is 6.29 Å². The van der Waals surface area contributed by atoms with Gasteiger partial charge in [-0.05, 0) is 68.6 Å². The van der Waals surface area contributed by atoms with Crippen molar-refractivity contribution < 1.29 is 9.53 Å². The lowest BCUT2D eigenvalue weighted by molar-refractivity contribution is 0.0198.